The van der Waals surface area contributed by atoms with E-state index in [2.05, 4.69) is 42.7 Å². The fourth-order valence-corrected chi connectivity index (χ4v) is 2.97. The normalized spacial score (nSPS) is 8.93. The van der Waals surface area contributed by atoms with Crippen LogP contribution in [-0.2, 0) is 15.7 Å². The Morgan fingerprint density at radius 2 is 1.43 bits per heavy atom. The van der Waals surface area contributed by atoms with Gasteiger partial charge >= 0.3 is 63.6 Å². The zero-order chi connectivity index (χ0) is 10.1. The summed E-state index contributed by atoms with van der Waals surface area (Å²) in [7, 11) is 0. The van der Waals surface area contributed by atoms with Crippen molar-refractivity contribution in [2.45, 2.75) is 0 Å². The Morgan fingerprint density at radius 1 is 0.857 bits per heavy atom. The fraction of sp³-hybridized carbons (Fsp3) is 0. The molecule has 0 spiro atoms. The summed E-state index contributed by atoms with van der Waals surface area (Å²) >= 11 is 3.49. The molecule has 0 saturated heterocycles. The van der Waals surface area contributed by atoms with Crippen molar-refractivity contribution in [1.82, 2.24) is 4.98 Å². The monoisotopic (exact) mass is 428 g/mol. The first kappa shape index (κ1) is 11.6. The Kier molecular flexibility index (Phi) is 6.50. The molecule has 0 fully saturated rings. The molecule has 0 aliphatic rings. The topological polar surface area (TPSA) is 12.9 Å². The Morgan fingerprint density at radius 3 is 1.71 bits per heavy atom. The van der Waals surface area contributed by atoms with Gasteiger partial charge in [0.2, 0.25) is 0 Å². The van der Waals surface area contributed by atoms with Crippen LogP contribution in [-0.4, -0.2) is 4.98 Å². The van der Waals surface area contributed by atoms with Gasteiger partial charge in [-0.25, -0.2) is 0 Å². The van der Waals surface area contributed by atoms with Crippen LogP contribution in [0.2, 0.25) is 0 Å². The quantitative estimate of drug-likeness (QED) is 0.681. The van der Waals surface area contributed by atoms with Crippen molar-refractivity contribution in [2.75, 3.05) is 0 Å². The fourth-order valence-electron chi connectivity index (χ4n) is 0.761. The van der Waals surface area contributed by atoms with Gasteiger partial charge < -0.3 is 0 Å². The van der Waals surface area contributed by atoms with Crippen LogP contribution in [0.3, 0.4) is 0 Å². The summed E-state index contributed by atoms with van der Waals surface area (Å²) in [6.07, 6.45) is 3.50. The molecule has 0 aliphatic carbocycles. The van der Waals surface area contributed by atoms with Crippen molar-refractivity contribution in [1.29, 1.82) is 0 Å². The van der Waals surface area contributed by atoms with Crippen LogP contribution in [0, 0.1) is 0 Å². The molecule has 0 saturated carbocycles. The second kappa shape index (κ2) is 7.86. The van der Waals surface area contributed by atoms with Crippen molar-refractivity contribution < 1.29 is 15.7 Å². The first-order valence-electron chi connectivity index (χ1n) is 4.05. The molecule has 0 aliphatic heterocycles. The van der Waals surface area contributed by atoms with Crippen LogP contribution < -0.4 is 4.08 Å². The number of aromatic nitrogens is 1. The summed E-state index contributed by atoms with van der Waals surface area (Å²) in [5.74, 6) is 0. The molecule has 0 radical (unpaired) electrons. The molecular formula is C11H10BrIrN. The molecule has 0 unspecified atom stereocenters. The molecule has 2 aromatic rings. The van der Waals surface area contributed by atoms with Gasteiger partial charge in [-0.1, -0.05) is 6.07 Å². The third-order valence-electron chi connectivity index (χ3n) is 1.36. The zero-order valence-corrected chi connectivity index (χ0v) is 11.4. The van der Waals surface area contributed by atoms with Gasteiger partial charge in [0, 0.05) is 12.4 Å². The molecule has 0 amide bonds. The van der Waals surface area contributed by atoms with Crippen LogP contribution >= 0.6 is 13.5 Å². The van der Waals surface area contributed by atoms with E-state index in [0.717, 1.165) is 0 Å². The molecule has 1 aromatic carbocycles. The summed E-state index contributed by atoms with van der Waals surface area (Å²) in [6.45, 7) is 0. The van der Waals surface area contributed by atoms with E-state index in [1.54, 1.807) is 12.4 Å². The van der Waals surface area contributed by atoms with Gasteiger partial charge in [0.25, 0.3) is 0 Å². The first-order valence-corrected chi connectivity index (χ1v) is 10.5. The average molecular weight is 428 g/mol. The number of hydrogen-bond donors (Lipinski definition) is 0. The second-order valence-corrected chi connectivity index (χ2v) is 6.36. The number of nitrogens with zero attached hydrogens (tertiary/aromatic N) is 1. The van der Waals surface area contributed by atoms with E-state index in [0.29, 0.717) is 0 Å². The van der Waals surface area contributed by atoms with E-state index < -0.39 is 0 Å². The summed E-state index contributed by atoms with van der Waals surface area (Å²) in [6, 6.07) is 16.2. The summed E-state index contributed by atoms with van der Waals surface area (Å²) < 4.78 is 1.45. The van der Waals surface area contributed by atoms with Crippen LogP contribution in [0.1, 0.15) is 0 Å². The summed E-state index contributed by atoms with van der Waals surface area (Å²) in [5.41, 5.74) is 0. The van der Waals surface area contributed by atoms with Crippen LogP contribution in [0.15, 0.2) is 60.9 Å². The molecule has 0 N–H and O–H groups in total. The predicted molar refractivity (Wildman–Crippen MR) is 59.2 cm³/mol. The van der Waals surface area contributed by atoms with Crippen molar-refractivity contribution in [3.05, 3.63) is 60.9 Å². The Bertz CT molecular complexity index is 299. The largest absolute Gasteiger partial charge is 0.265 e. The van der Waals surface area contributed by atoms with Crippen molar-refractivity contribution in [3.63, 3.8) is 0 Å². The first-order chi connectivity index (χ1) is 6.93. The standard InChI is InChI=1S/C6H5.C5H5N.BrH.Ir/c2*1-2-4-6-5-3-1;;/h2*1-5H;1H;/q;;;+1/p-1. The Labute approximate surface area is 98.8 Å². The van der Waals surface area contributed by atoms with Crippen LogP contribution in [0.5, 0.6) is 0 Å². The molecule has 75 valence electrons. The molecule has 3 heteroatoms. The maximum Gasteiger partial charge on any atom is 0.0267 e. The maximum atomic E-state index is 3.78. The van der Waals surface area contributed by atoms with E-state index in [-0.39, 0.29) is 15.7 Å². The maximum absolute atomic E-state index is 3.78. The van der Waals surface area contributed by atoms with Crippen LogP contribution in [0.4, 0.5) is 0 Å². The molecule has 1 aromatic heterocycles. The van der Waals surface area contributed by atoms with Crippen LogP contribution in [0.25, 0.3) is 0 Å². The number of benzene rings is 1. The molecule has 0 bridgehead atoms. The SMILES string of the molecule is [Br][Ir][c]1ccccc1.c1ccncc1. The number of pyridine rings is 1. The van der Waals surface area contributed by atoms with E-state index in [1.165, 1.54) is 4.08 Å². The van der Waals surface area contributed by atoms with Gasteiger partial charge in [-0.15, -0.1) is 0 Å². The molecule has 14 heavy (non-hydrogen) atoms. The average Bonchev–Trinajstić information content (AvgIpc) is 2.33. The summed E-state index contributed by atoms with van der Waals surface area (Å²) in [5, 5.41) is 0. The minimum atomic E-state index is 0.00861. The third kappa shape index (κ3) is 5.28. The molecule has 2 rings (SSSR count). The van der Waals surface area contributed by atoms with E-state index in [4.69, 9.17) is 0 Å². The van der Waals surface area contributed by atoms with Gasteiger partial charge in [-0.2, -0.15) is 0 Å². The van der Waals surface area contributed by atoms with Gasteiger partial charge in [-0.3, -0.25) is 4.98 Å². The number of rotatable bonds is 1. The van der Waals surface area contributed by atoms with E-state index in [9.17, 15) is 0 Å². The van der Waals surface area contributed by atoms with Crippen molar-refractivity contribution in [2.24, 2.45) is 0 Å². The van der Waals surface area contributed by atoms with E-state index >= 15 is 0 Å². The van der Waals surface area contributed by atoms with E-state index in [1.807, 2.05) is 24.3 Å². The summed E-state index contributed by atoms with van der Waals surface area (Å²) in [4.78, 5) is 3.78. The molecule has 1 heterocycles. The van der Waals surface area contributed by atoms with Gasteiger partial charge in [-0.05, 0) is 12.1 Å². The molecular weight excluding hydrogens is 418 g/mol. The smallest absolute Gasteiger partial charge is 0.0267 e. The third-order valence-corrected chi connectivity index (χ3v) is 5.18. The minimum absolute atomic E-state index is 0.00861. The van der Waals surface area contributed by atoms with Crippen molar-refractivity contribution >= 4 is 17.6 Å². The van der Waals surface area contributed by atoms with Crippen molar-refractivity contribution in [3.8, 4) is 0 Å². The minimum Gasteiger partial charge on any atom is -0.265 e. The predicted octanol–water partition coefficient (Wildman–Crippen LogP) is 2.79. The second-order valence-electron chi connectivity index (χ2n) is 2.36. The Balaban J connectivity index is 0.000000146. The Hall–Kier alpha value is -0.501. The number of hydrogen-bond acceptors (Lipinski definition) is 1. The number of halogens is 1. The zero-order valence-electron chi connectivity index (χ0n) is 7.43. The van der Waals surface area contributed by atoms with Gasteiger partial charge in [0.1, 0.15) is 0 Å². The van der Waals surface area contributed by atoms with Gasteiger partial charge in [0.15, 0.2) is 0 Å². The van der Waals surface area contributed by atoms with Gasteiger partial charge in [0.05, 0.1) is 0 Å². The molecule has 0 atom stereocenters. The molecule has 1 nitrogen and oxygen atoms in total.